The smallest absolute Gasteiger partial charge is 0.227 e. The fourth-order valence-corrected chi connectivity index (χ4v) is 2.70. The van der Waals surface area contributed by atoms with E-state index < -0.39 is 0 Å². The number of nitrogens with zero attached hydrogens (tertiary/aromatic N) is 2. The van der Waals surface area contributed by atoms with Crippen LogP contribution in [0.15, 0.2) is 53.1 Å². The predicted octanol–water partition coefficient (Wildman–Crippen LogP) is 3.53. The number of nitrogens with one attached hydrogen (secondary N) is 1. The summed E-state index contributed by atoms with van der Waals surface area (Å²) in [7, 11) is 1.62. The van der Waals surface area contributed by atoms with E-state index in [2.05, 4.69) is 15.5 Å². The minimum Gasteiger partial charge on any atom is -0.497 e. The maximum absolute atomic E-state index is 12.1. The van der Waals surface area contributed by atoms with Crippen LogP contribution >= 0.6 is 0 Å². The molecule has 0 saturated heterocycles. The molecule has 0 unspecified atom stereocenters. The molecule has 0 saturated carbocycles. The van der Waals surface area contributed by atoms with Gasteiger partial charge in [-0.1, -0.05) is 29.4 Å². The van der Waals surface area contributed by atoms with Gasteiger partial charge >= 0.3 is 0 Å². The topological polar surface area (TPSA) is 86.5 Å². The highest BCUT2D eigenvalue weighted by molar-refractivity contribution is 5.76. The standard InChI is InChI=1S/C22H25N3O4/c1-3-28-15-17-6-4-16(5-7-17)14-23-20(26)12-13-21-24-22(25-29-21)18-8-10-19(27-2)11-9-18/h4-11H,3,12-15H2,1-2H3,(H,23,26). The second kappa shape index (κ2) is 10.4. The van der Waals surface area contributed by atoms with Gasteiger partial charge in [0.1, 0.15) is 5.75 Å². The summed E-state index contributed by atoms with van der Waals surface area (Å²) in [5, 5.41) is 6.88. The van der Waals surface area contributed by atoms with Crippen LogP contribution in [0.2, 0.25) is 0 Å². The molecule has 0 radical (unpaired) electrons. The first-order chi connectivity index (χ1) is 14.2. The van der Waals surface area contributed by atoms with Gasteiger partial charge in [-0.25, -0.2) is 0 Å². The van der Waals surface area contributed by atoms with Gasteiger partial charge in [-0.15, -0.1) is 0 Å². The maximum atomic E-state index is 12.1. The van der Waals surface area contributed by atoms with E-state index in [9.17, 15) is 4.79 Å². The summed E-state index contributed by atoms with van der Waals surface area (Å²) in [6.45, 7) is 3.75. The maximum Gasteiger partial charge on any atom is 0.227 e. The molecular weight excluding hydrogens is 370 g/mol. The van der Waals surface area contributed by atoms with Crippen molar-refractivity contribution in [2.24, 2.45) is 0 Å². The molecule has 1 N–H and O–H groups in total. The molecule has 2 aromatic carbocycles. The van der Waals surface area contributed by atoms with Gasteiger partial charge in [0.2, 0.25) is 17.6 Å². The largest absolute Gasteiger partial charge is 0.497 e. The van der Waals surface area contributed by atoms with Gasteiger partial charge in [-0.3, -0.25) is 4.79 Å². The molecule has 0 spiro atoms. The van der Waals surface area contributed by atoms with E-state index in [1.165, 1.54) is 0 Å². The molecule has 29 heavy (non-hydrogen) atoms. The van der Waals surface area contributed by atoms with Crippen LogP contribution in [0.4, 0.5) is 0 Å². The van der Waals surface area contributed by atoms with Crippen LogP contribution in [0.3, 0.4) is 0 Å². The van der Waals surface area contributed by atoms with Crippen molar-refractivity contribution in [3.63, 3.8) is 0 Å². The zero-order chi connectivity index (χ0) is 20.5. The van der Waals surface area contributed by atoms with Gasteiger partial charge in [-0.2, -0.15) is 4.98 Å². The molecule has 0 aliphatic heterocycles. The second-order valence-electron chi connectivity index (χ2n) is 6.47. The van der Waals surface area contributed by atoms with Gasteiger partial charge in [-0.05, 0) is 42.3 Å². The van der Waals surface area contributed by atoms with Crippen molar-refractivity contribution in [2.45, 2.75) is 32.9 Å². The Hall–Kier alpha value is -3.19. The Morgan fingerprint density at radius 1 is 1.07 bits per heavy atom. The number of aryl methyl sites for hydroxylation is 1. The average molecular weight is 395 g/mol. The van der Waals surface area contributed by atoms with E-state index in [0.717, 1.165) is 22.4 Å². The number of hydrogen-bond donors (Lipinski definition) is 1. The van der Waals surface area contributed by atoms with Gasteiger partial charge in [0.15, 0.2) is 0 Å². The summed E-state index contributed by atoms with van der Waals surface area (Å²) in [4.78, 5) is 16.5. The van der Waals surface area contributed by atoms with Crippen molar-refractivity contribution in [2.75, 3.05) is 13.7 Å². The summed E-state index contributed by atoms with van der Waals surface area (Å²) < 4.78 is 15.8. The normalized spacial score (nSPS) is 10.7. The Morgan fingerprint density at radius 2 is 1.79 bits per heavy atom. The van der Waals surface area contributed by atoms with Crippen molar-refractivity contribution in [3.8, 4) is 17.1 Å². The third kappa shape index (κ3) is 6.15. The van der Waals surface area contributed by atoms with Crippen molar-refractivity contribution in [1.82, 2.24) is 15.5 Å². The lowest BCUT2D eigenvalue weighted by molar-refractivity contribution is -0.121. The number of amides is 1. The Morgan fingerprint density at radius 3 is 2.48 bits per heavy atom. The third-order valence-electron chi connectivity index (χ3n) is 4.37. The van der Waals surface area contributed by atoms with Crippen LogP contribution in [0.1, 0.15) is 30.4 Å². The summed E-state index contributed by atoms with van der Waals surface area (Å²) in [6.07, 6.45) is 0.676. The highest BCUT2D eigenvalue weighted by Crippen LogP contribution is 2.20. The first-order valence-corrected chi connectivity index (χ1v) is 9.57. The Balaban J connectivity index is 1.44. The van der Waals surface area contributed by atoms with Crippen LogP contribution in [-0.2, 0) is 29.1 Å². The lowest BCUT2D eigenvalue weighted by Crippen LogP contribution is -2.23. The fourth-order valence-electron chi connectivity index (χ4n) is 2.70. The van der Waals surface area contributed by atoms with Crippen LogP contribution < -0.4 is 10.1 Å². The van der Waals surface area contributed by atoms with Crippen molar-refractivity contribution in [3.05, 3.63) is 65.5 Å². The Labute approximate surface area is 170 Å². The Bertz CT molecular complexity index is 905. The van der Waals surface area contributed by atoms with Crippen LogP contribution in [0.5, 0.6) is 5.75 Å². The van der Waals surface area contributed by atoms with Crippen LogP contribution in [0, 0.1) is 0 Å². The first kappa shape index (κ1) is 20.5. The highest BCUT2D eigenvalue weighted by Gasteiger charge is 2.11. The molecule has 7 nitrogen and oxygen atoms in total. The molecule has 0 aliphatic rings. The quantitative estimate of drug-likeness (QED) is 0.565. The van der Waals surface area contributed by atoms with Crippen molar-refractivity contribution >= 4 is 5.91 Å². The summed E-state index contributed by atoms with van der Waals surface area (Å²) >= 11 is 0. The second-order valence-corrected chi connectivity index (χ2v) is 6.47. The highest BCUT2D eigenvalue weighted by atomic mass is 16.5. The van der Waals surface area contributed by atoms with E-state index in [-0.39, 0.29) is 12.3 Å². The van der Waals surface area contributed by atoms with Crippen LogP contribution in [0.25, 0.3) is 11.4 Å². The lowest BCUT2D eigenvalue weighted by Gasteiger charge is -2.06. The SMILES string of the molecule is CCOCc1ccc(CNC(=O)CCc2nc(-c3ccc(OC)cc3)no2)cc1. The molecule has 152 valence electrons. The monoisotopic (exact) mass is 395 g/mol. The van der Waals surface area contributed by atoms with Crippen molar-refractivity contribution in [1.29, 1.82) is 0 Å². The van der Waals surface area contributed by atoms with E-state index in [1.807, 2.05) is 55.5 Å². The number of carbonyl (C=O) groups excluding carboxylic acids is 1. The minimum atomic E-state index is -0.0624. The number of carbonyl (C=O) groups is 1. The van der Waals surface area contributed by atoms with Gasteiger partial charge in [0.25, 0.3) is 0 Å². The summed E-state index contributed by atoms with van der Waals surface area (Å²) in [6, 6.07) is 15.4. The minimum absolute atomic E-state index is 0.0624. The molecule has 0 fully saturated rings. The molecule has 1 aromatic heterocycles. The number of benzene rings is 2. The zero-order valence-electron chi connectivity index (χ0n) is 16.7. The molecular formula is C22H25N3O4. The lowest BCUT2D eigenvalue weighted by atomic mass is 10.1. The fraction of sp³-hybridized carbons (Fsp3) is 0.318. The average Bonchev–Trinajstić information content (AvgIpc) is 3.24. The third-order valence-corrected chi connectivity index (χ3v) is 4.37. The summed E-state index contributed by atoms with van der Waals surface area (Å²) in [5.41, 5.74) is 2.99. The van der Waals surface area contributed by atoms with Gasteiger partial charge in [0.05, 0.1) is 13.7 Å². The molecule has 3 rings (SSSR count). The molecule has 1 heterocycles. The molecule has 1 amide bonds. The summed E-state index contributed by atoms with van der Waals surface area (Å²) in [5.74, 6) is 1.63. The zero-order valence-corrected chi connectivity index (χ0v) is 16.7. The number of ether oxygens (including phenoxy) is 2. The predicted molar refractivity (Wildman–Crippen MR) is 108 cm³/mol. The van der Waals surface area contributed by atoms with Crippen LogP contribution in [-0.4, -0.2) is 29.8 Å². The van der Waals surface area contributed by atoms with E-state index in [0.29, 0.717) is 37.9 Å². The molecule has 0 atom stereocenters. The number of rotatable bonds is 10. The molecule has 7 heteroatoms. The molecule has 0 bridgehead atoms. The van der Waals surface area contributed by atoms with Gasteiger partial charge < -0.3 is 19.3 Å². The first-order valence-electron chi connectivity index (χ1n) is 9.57. The number of methoxy groups -OCH3 is 1. The van der Waals surface area contributed by atoms with Crippen molar-refractivity contribution < 1.29 is 18.8 Å². The molecule has 0 aliphatic carbocycles. The number of hydrogen-bond acceptors (Lipinski definition) is 6. The molecule has 3 aromatic rings. The number of aromatic nitrogens is 2. The van der Waals surface area contributed by atoms with E-state index in [4.69, 9.17) is 14.0 Å². The van der Waals surface area contributed by atoms with E-state index >= 15 is 0 Å². The Kier molecular flexibility index (Phi) is 7.35. The van der Waals surface area contributed by atoms with E-state index in [1.54, 1.807) is 7.11 Å². The van der Waals surface area contributed by atoms with Gasteiger partial charge in [0, 0.05) is 31.6 Å².